The van der Waals surface area contributed by atoms with Gasteiger partial charge in [-0.05, 0) is 32.1 Å². The van der Waals surface area contributed by atoms with Crippen LogP contribution in [-0.4, -0.2) is 29.3 Å². The zero-order chi connectivity index (χ0) is 15.2. The van der Waals surface area contributed by atoms with Crippen LogP contribution in [0.1, 0.15) is 71.1 Å². The quantitative estimate of drug-likeness (QED) is 0.395. The van der Waals surface area contributed by atoms with Crippen molar-refractivity contribution < 1.29 is 5.11 Å². The SMILES string of the molecule is CCCCCCCC/C=C/CCCC1NC=CN1CCO. The second kappa shape index (κ2) is 12.8. The van der Waals surface area contributed by atoms with Gasteiger partial charge in [-0.15, -0.1) is 0 Å². The van der Waals surface area contributed by atoms with E-state index >= 15 is 0 Å². The van der Waals surface area contributed by atoms with Crippen LogP contribution in [0, 0.1) is 0 Å². The monoisotopic (exact) mass is 294 g/mol. The molecule has 1 aliphatic heterocycles. The van der Waals surface area contributed by atoms with E-state index in [9.17, 15) is 0 Å². The van der Waals surface area contributed by atoms with E-state index in [1.54, 1.807) is 0 Å². The van der Waals surface area contributed by atoms with E-state index in [0.717, 1.165) is 13.0 Å². The number of nitrogens with zero attached hydrogens (tertiary/aromatic N) is 1. The molecule has 122 valence electrons. The molecule has 2 N–H and O–H groups in total. The van der Waals surface area contributed by atoms with Crippen molar-refractivity contribution in [3.63, 3.8) is 0 Å². The van der Waals surface area contributed by atoms with Gasteiger partial charge >= 0.3 is 0 Å². The number of unbranched alkanes of at least 4 members (excludes halogenated alkanes) is 7. The minimum Gasteiger partial charge on any atom is -0.395 e. The summed E-state index contributed by atoms with van der Waals surface area (Å²) in [4.78, 5) is 2.18. The number of nitrogens with one attached hydrogen (secondary N) is 1. The van der Waals surface area contributed by atoms with Crippen molar-refractivity contribution in [2.45, 2.75) is 77.3 Å². The van der Waals surface area contributed by atoms with Crippen LogP contribution in [0.5, 0.6) is 0 Å². The summed E-state index contributed by atoms with van der Waals surface area (Å²) in [6.45, 7) is 3.21. The van der Waals surface area contributed by atoms with Gasteiger partial charge in [0.15, 0.2) is 0 Å². The molecule has 0 fully saturated rings. The lowest BCUT2D eigenvalue weighted by Crippen LogP contribution is -2.36. The first-order valence-corrected chi connectivity index (χ1v) is 8.82. The third kappa shape index (κ3) is 8.82. The van der Waals surface area contributed by atoms with Crippen molar-refractivity contribution in [2.75, 3.05) is 13.2 Å². The molecule has 0 aromatic heterocycles. The third-order valence-corrected chi connectivity index (χ3v) is 4.05. The van der Waals surface area contributed by atoms with E-state index in [2.05, 4.69) is 29.3 Å². The molecule has 1 heterocycles. The van der Waals surface area contributed by atoms with E-state index in [-0.39, 0.29) is 6.61 Å². The molecule has 1 aliphatic rings. The molecule has 0 radical (unpaired) electrons. The Hall–Kier alpha value is -0.960. The molecule has 0 saturated carbocycles. The van der Waals surface area contributed by atoms with Crippen LogP contribution in [0.4, 0.5) is 0 Å². The summed E-state index contributed by atoms with van der Waals surface area (Å²) in [6, 6.07) is 0. The molecule has 3 heteroatoms. The molecular weight excluding hydrogens is 260 g/mol. The van der Waals surface area contributed by atoms with E-state index in [0.29, 0.717) is 6.17 Å². The van der Waals surface area contributed by atoms with Crippen LogP contribution in [0.25, 0.3) is 0 Å². The Morgan fingerprint density at radius 3 is 2.52 bits per heavy atom. The first-order valence-electron chi connectivity index (χ1n) is 8.82. The van der Waals surface area contributed by atoms with Crippen molar-refractivity contribution in [1.82, 2.24) is 10.2 Å². The largest absolute Gasteiger partial charge is 0.395 e. The molecular formula is C18H34N2O. The van der Waals surface area contributed by atoms with Gasteiger partial charge in [0.05, 0.1) is 12.8 Å². The Morgan fingerprint density at radius 1 is 1.05 bits per heavy atom. The topological polar surface area (TPSA) is 35.5 Å². The van der Waals surface area contributed by atoms with Crippen molar-refractivity contribution in [2.24, 2.45) is 0 Å². The average molecular weight is 294 g/mol. The Morgan fingerprint density at radius 2 is 1.76 bits per heavy atom. The molecule has 0 aromatic carbocycles. The number of hydrogen-bond acceptors (Lipinski definition) is 3. The van der Waals surface area contributed by atoms with Crippen LogP contribution < -0.4 is 5.32 Å². The minimum absolute atomic E-state index is 0.223. The Bertz CT molecular complexity index is 289. The van der Waals surface area contributed by atoms with Crippen LogP contribution in [-0.2, 0) is 0 Å². The number of aliphatic hydroxyl groups is 1. The first-order chi connectivity index (χ1) is 10.4. The van der Waals surface area contributed by atoms with Gasteiger partial charge in [-0.1, -0.05) is 51.2 Å². The van der Waals surface area contributed by atoms with Crippen LogP contribution in [0.15, 0.2) is 24.6 Å². The second-order valence-electron chi connectivity index (χ2n) is 5.92. The molecule has 21 heavy (non-hydrogen) atoms. The number of aliphatic hydroxyl groups excluding tert-OH is 1. The van der Waals surface area contributed by atoms with E-state index in [1.165, 1.54) is 57.8 Å². The maximum atomic E-state index is 8.99. The molecule has 0 bridgehead atoms. The van der Waals surface area contributed by atoms with Crippen LogP contribution >= 0.6 is 0 Å². The van der Waals surface area contributed by atoms with Gasteiger partial charge in [-0.3, -0.25) is 0 Å². The minimum atomic E-state index is 0.223. The fourth-order valence-electron chi connectivity index (χ4n) is 2.75. The average Bonchev–Trinajstić information content (AvgIpc) is 2.92. The van der Waals surface area contributed by atoms with E-state index in [4.69, 9.17) is 5.11 Å². The normalized spacial score (nSPS) is 17.8. The summed E-state index contributed by atoms with van der Waals surface area (Å²) in [5, 5.41) is 12.3. The van der Waals surface area contributed by atoms with E-state index < -0.39 is 0 Å². The summed E-state index contributed by atoms with van der Waals surface area (Å²) >= 11 is 0. The lowest BCUT2D eigenvalue weighted by molar-refractivity contribution is 0.194. The Labute approximate surface area is 131 Å². The lowest BCUT2D eigenvalue weighted by Gasteiger charge is -2.24. The van der Waals surface area contributed by atoms with Gasteiger partial charge in [0.25, 0.3) is 0 Å². The highest BCUT2D eigenvalue weighted by atomic mass is 16.3. The second-order valence-corrected chi connectivity index (χ2v) is 5.92. The van der Waals surface area contributed by atoms with Gasteiger partial charge < -0.3 is 15.3 Å². The predicted molar refractivity (Wildman–Crippen MR) is 90.8 cm³/mol. The predicted octanol–water partition coefficient (Wildman–Crippen LogP) is 4.16. The first kappa shape index (κ1) is 18.1. The van der Waals surface area contributed by atoms with Crippen molar-refractivity contribution >= 4 is 0 Å². The molecule has 1 atom stereocenters. The fourth-order valence-corrected chi connectivity index (χ4v) is 2.75. The zero-order valence-electron chi connectivity index (χ0n) is 13.8. The summed E-state index contributed by atoms with van der Waals surface area (Å²) < 4.78 is 0. The van der Waals surface area contributed by atoms with Crippen molar-refractivity contribution in [1.29, 1.82) is 0 Å². The molecule has 0 amide bonds. The number of β-amino-alcohol motifs (C(OH)–C–C–N with tert-alkyl or cyclic N) is 1. The smallest absolute Gasteiger partial charge is 0.0982 e. The molecule has 1 rings (SSSR count). The molecule has 3 nitrogen and oxygen atoms in total. The molecule has 1 unspecified atom stereocenters. The number of rotatable bonds is 13. The van der Waals surface area contributed by atoms with Gasteiger partial charge in [0.1, 0.15) is 0 Å². The molecule has 0 saturated heterocycles. The van der Waals surface area contributed by atoms with Crippen molar-refractivity contribution in [3.8, 4) is 0 Å². The third-order valence-electron chi connectivity index (χ3n) is 4.05. The molecule has 0 spiro atoms. The summed E-state index contributed by atoms with van der Waals surface area (Å²) in [6.07, 6.45) is 22.1. The highest BCUT2D eigenvalue weighted by Gasteiger charge is 2.16. The zero-order valence-corrected chi connectivity index (χ0v) is 13.8. The van der Waals surface area contributed by atoms with Crippen LogP contribution in [0.2, 0.25) is 0 Å². The summed E-state index contributed by atoms with van der Waals surface area (Å²) in [5.41, 5.74) is 0. The van der Waals surface area contributed by atoms with Crippen molar-refractivity contribution in [3.05, 3.63) is 24.6 Å². The maximum absolute atomic E-state index is 8.99. The fraction of sp³-hybridized carbons (Fsp3) is 0.778. The molecule has 0 aliphatic carbocycles. The van der Waals surface area contributed by atoms with Gasteiger partial charge in [-0.2, -0.15) is 0 Å². The highest BCUT2D eigenvalue weighted by molar-refractivity contribution is 4.94. The maximum Gasteiger partial charge on any atom is 0.0982 e. The number of hydrogen-bond donors (Lipinski definition) is 2. The van der Waals surface area contributed by atoms with Gasteiger partial charge in [-0.25, -0.2) is 0 Å². The molecule has 0 aromatic rings. The summed E-state index contributed by atoms with van der Waals surface area (Å²) in [5.74, 6) is 0. The Balaban J connectivity index is 1.90. The Kier molecular flexibility index (Phi) is 11.0. The van der Waals surface area contributed by atoms with Crippen LogP contribution in [0.3, 0.4) is 0 Å². The van der Waals surface area contributed by atoms with E-state index in [1.807, 2.05) is 12.4 Å². The van der Waals surface area contributed by atoms with Gasteiger partial charge in [0.2, 0.25) is 0 Å². The highest BCUT2D eigenvalue weighted by Crippen LogP contribution is 2.12. The lowest BCUT2D eigenvalue weighted by atomic mass is 10.1. The number of allylic oxidation sites excluding steroid dienone is 2. The van der Waals surface area contributed by atoms with Gasteiger partial charge in [0, 0.05) is 18.9 Å². The summed E-state index contributed by atoms with van der Waals surface area (Å²) in [7, 11) is 0. The standard InChI is InChI=1S/C18H34N2O/c1-2-3-4-5-6-7-8-9-10-11-12-13-18-19-14-15-20(18)16-17-21/h9-10,14-15,18-19,21H,2-8,11-13,16-17H2,1H3/b10-9+.